The summed E-state index contributed by atoms with van der Waals surface area (Å²) >= 11 is 0. The molecule has 1 saturated heterocycles. The molecule has 5 rings (SSSR count). The van der Waals surface area contributed by atoms with Gasteiger partial charge >= 0.3 is 6.01 Å². The standard InChI is InChI=1S/C21H24N6O2/c1-15(19(28)26-13-9-21(7-8-21)10-14-26)23-20-25-24-18(29-20)16-3-5-17(6-4-16)27-12-2-11-22-27/h2-6,11-12,15H,7-10,13-14H2,1H3,(H,23,25)/t15-/m1/s1. The van der Waals surface area contributed by atoms with Crippen molar-refractivity contribution in [2.45, 2.75) is 38.6 Å². The summed E-state index contributed by atoms with van der Waals surface area (Å²) in [4.78, 5) is 14.7. The first-order valence-corrected chi connectivity index (χ1v) is 10.1. The Balaban J connectivity index is 1.21. The highest BCUT2D eigenvalue weighted by atomic mass is 16.4. The first kappa shape index (κ1) is 17.9. The van der Waals surface area contributed by atoms with Crippen LogP contribution in [0.15, 0.2) is 47.1 Å². The SMILES string of the molecule is C[C@@H](Nc1nnc(-c2ccc(-n3cccn3)cc2)o1)C(=O)N1CCC2(CC1)CC2. The number of anilines is 1. The van der Waals surface area contributed by atoms with Gasteiger partial charge in [-0.15, -0.1) is 5.10 Å². The molecule has 1 aromatic carbocycles. The predicted octanol–water partition coefficient (Wildman–Crippen LogP) is 3.13. The normalized spacial score (nSPS) is 18.6. The van der Waals surface area contributed by atoms with Crippen LogP contribution in [0.4, 0.5) is 6.01 Å². The molecule has 1 N–H and O–H groups in total. The molecule has 8 heteroatoms. The summed E-state index contributed by atoms with van der Waals surface area (Å²) < 4.78 is 7.51. The molecule has 3 aromatic rings. The van der Waals surface area contributed by atoms with Crippen LogP contribution in [0.2, 0.25) is 0 Å². The molecule has 1 amide bonds. The Morgan fingerprint density at radius 2 is 1.90 bits per heavy atom. The fraction of sp³-hybridized carbons (Fsp3) is 0.429. The van der Waals surface area contributed by atoms with Gasteiger partial charge in [-0.25, -0.2) is 4.68 Å². The maximum atomic E-state index is 12.7. The molecule has 2 aliphatic rings. The van der Waals surface area contributed by atoms with Crippen molar-refractivity contribution in [3.05, 3.63) is 42.7 Å². The van der Waals surface area contributed by atoms with Crippen LogP contribution in [0.5, 0.6) is 0 Å². The molecule has 1 atom stereocenters. The highest BCUT2D eigenvalue weighted by molar-refractivity contribution is 5.83. The molecule has 3 heterocycles. The summed E-state index contributed by atoms with van der Waals surface area (Å²) in [6, 6.07) is 9.42. The minimum Gasteiger partial charge on any atom is -0.403 e. The van der Waals surface area contributed by atoms with E-state index in [9.17, 15) is 4.79 Å². The van der Waals surface area contributed by atoms with E-state index < -0.39 is 6.04 Å². The zero-order chi connectivity index (χ0) is 19.8. The van der Waals surface area contributed by atoms with Crippen LogP contribution in [0, 0.1) is 5.41 Å². The Morgan fingerprint density at radius 3 is 2.55 bits per heavy atom. The molecule has 2 aromatic heterocycles. The average molecular weight is 392 g/mol. The third-order valence-electron chi connectivity index (χ3n) is 6.11. The van der Waals surface area contributed by atoms with Gasteiger partial charge in [0.05, 0.1) is 5.69 Å². The van der Waals surface area contributed by atoms with Gasteiger partial charge in [-0.2, -0.15) is 5.10 Å². The van der Waals surface area contributed by atoms with E-state index in [1.165, 1.54) is 12.8 Å². The molecular weight excluding hydrogens is 368 g/mol. The maximum absolute atomic E-state index is 12.7. The quantitative estimate of drug-likeness (QED) is 0.718. The van der Waals surface area contributed by atoms with E-state index in [4.69, 9.17) is 4.42 Å². The van der Waals surface area contributed by atoms with Crippen LogP contribution in [0.1, 0.15) is 32.6 Å². The molecule has 29 heavy (non-hydrogen) atoms. The number of hydrogen-bond donors (Lipinski definition) is 1. The van der Waals surface area contributed by atoms with Gasteiger partial charge in [-0.1, -0.05) is 5.10 Å². The lowest BCUT2D eigenvalue weighted by molar-refractivity contribution is -0.133. The maximum Gasteiger partial charge on any atom is 0.316 e. The molecular formula is C21H24N6O2. The van der Waals surface area contributed by atoms with Gasteiger partial charge in [-0.05, 0) is 68.4 Å². The van der Waals surface area contributed by atoms with Crippen molar-refractivity contribution in [1.82, 2.24) is 24.9 Å². The van der Waals surface area contributed by atoms with Gasteiger partial charge in [0.2, 0.25) is 11.8 Å². The third kappa shape index (κ3) is 3.62. The Labute approximate surface area is 168 Å². The van der Waals surface area contributed by atoms with E-state index in [2.05, 4.69) is 20.6 Å². The van der Waals surface area contributed by atoms with Crippen molar-refractivity contribution in [1.29, 1.82) is 0 Å². The van der Waals surface area contributed by atoms with E-state index in [-0.39, 0.29) is 11.9 Å². The van der Waals surface area contributed by atoms with E-state index in [0.29, 0.717) is 11.3 Å². The Bertz CT molecular complexity index is 981. The van der Waals surface area contributed by atoms with E-state index in [1.807, 2.05) is 48.4 Å². The van der Waals surface area contributed by atoms with Crippen molar-refractivity contribution in [3.63, 3.8) is 0 Å². The summed E-state index contributed by atoms with van der Waals surface area (Å²) in [5.74, 6) is 0.497. The Morgan fingerprint density at radius 1 is 1.14 bits per heavy atom. The number of amides is 1. The molecule has 8 nitrogen and oxygen atoms in total. The smallest absolute Gasteiger partial charge is 0.316 e. The minimum atomic E-state index is -0.404. The van der Waals surface area contributed by atoms with Gasteiger partial charge in [-0.3, -0.25) is 4.79 Å². The first-order valence-electron chi connectivity index (χ1n) is 10.1. The third-order valence-corrected chi connectivity index (χ3v) is 6.11. The second-order valence-corrected chi connectivity index (χ2v) is 8.10. The number of aromatic nitrogens is 4. The number of carbonyl (C=O) groups excluding carboxylic acids is 1. The highest BCUT2D eigenvalue weighted by Gasteiger charge is 2.45. The fourth-order valence-corrected chi connectivity index (χ4v) is 3.98. The van der Waals surface area contributed by atoms with Gasteiger partial charge in [0, 0.05) is 31.0 Å². The topological polar surface area (TPSA) is 89.1 Å². The zero-order valence-electron chi connectivity index (χ0n) is 16.4. The van der Waals surface area contributed by atoms with E-state index >= 15 is 0 Å². The van der Waals surface area contributed by atoms with Gasteiger partial charge in [0.1, 0.15) is 6.04 Å². The summed E-state index contributed by atoms with van der Waals surface area (Å²) in [7, 11) is 0. The van der Waals surface area contributed by atoms with Gasteiger partial charge < -0.3 is 14.6 Å². The molecule has 1 aliphatic carbocycles. The molecule has 1 spiro atoms. The number of nitrogens with zero attached hydrogens (tertiary/aromatic N) is 5. The average Bonchev–Trinajstić information content (AvgIpc) is 3.16. The molecule has 0 bridgehead atoms. The molecule has 0 radical (unpaired) electrons. The number of nitrogens with one attached hydrogen (secondary N) is 1. The summed E-state index contributed by atoms with van der Waals surface area (Å²) in [5, 5.41) is 15.4. The molecule has 1 saturated carbocycles. The van der Waals surface area contributed by atoms with Crippen LogP contribution in [-0.4, -0.2) is 49.9 Å². The van der Waals surface area contributed by atoms with Crippen LogP contribution < -0.4 is 5.32 Å². The molecule has 2 fully saturated rings. The lowest BCUT2D eigenvalue weighted by Crippen LogP contribution is -2.45. The summed E-state index contributed by atoms with van der Waals surface area (Å²) in [6.07, 6.45) is 8.54. The molecule has 150 valence electrons. The van der Waals surface area contributed by atoms with Crippen molar-refractivity contribution in [2.75, 3.05) is 18.4 Å². The number of hydrogen-bond acceptors (Lipinski definition) is 6. The second kappa shape index (κ2) is 7.02. The van der Waals surface area contributed by atoms with Crippen LogP contribution in [0.3, 0.4) is 0 Å². The Hall–Kier alpha value is -3.16. The van der Waals surface area contributed by atoms with Crippen molar-refractivity contribution >= 4 is 11.9 Å². The van der Waals surface area contributed by atoms with Crippen molar-refractivity contribution < 1.29 is 9.21 Å². The lowest BCUT2D eigenvalue weighted by atomic mass is 9.93. The number of piperidine rings is 1. The van der Waals surface area contributed by atoms with Crippen LogP contribution in [-0.2, 0) is 4.79 Å². The van der Waals surface area contributed by atoms with Crippen molar-refractivity contribution in [3.8, 4) is 17.1 Å². The van der Waals surface area contributed by atoms with Crippen molar-refractivity contribution in [2.24, 2.45) is 5.41 Å². The van der Waals surface area contributed by atoms with Gasteiger partial charge in [0.15, 0.2) is 0 Å². The monoisotopic (exact) mass is 392 g/mol. The number of benzene rings is 1. The minimum absolute atomic E-state index is 0.0869. The van der Waals surface area contributed by atoms with Crippen LogP contribution in [0.25, 0.3) is 17.1 Å². The second-order valence-electron chi connectivity index (χ2n) is 8.10. The largest absolute Gasteiger partial charge is 0.403 e. The summed E-state index contributed by atoms with van der Waals surface area (Å²) in [6.45, 7) is 3.54. The van der Waals surface area contributed by atoms with E-state index in [0.717, 1.165) is 37.2 Å². The number of carbonyl (C=O) groups is 1. The summed E-state index contributed by atoms with van der Waals surface area (Å²) in [5.41, 5.74) is 2.32. The number of rotatable bonds is 5. The fourth-order valence-electron chi connectivity index (χ4n) is 3.98. The number of likely N-dealkylation sites (tertiary alicyclic amines) is 1. The van der Waals surface area contributed by atoms with Crippen LogP contribution >= 0.6 is 0 Å². The lowest BCUT2D eigenvalue weighted by Gasteiger charge is -2.33. The Kier molecular flexibility index (Phi) is 4.34. The molecule has 1 aliphatic heterocycles. The van der Waals surface area contributed by atoms with Gasteiger partial charge in [0.25, 0.3) is 0 Å². The highest BCUT2D eigenvalue weighted by Crippen LogP contribution is 2.53. The first-order chi connectivity index (χ1) is 14.1. The molecule has 0 unspecified atom stereocenters. The zero-order valence-corrected chi connectivity index (χ0v) is 16.4. The predicted molar refractivity (Wildman–Crippen MR) is 107 cm³/mol. The van der Waals surface area contributed by atoms with E-state index in [1.54, 1.807) is 10.9 Å².